The van der Waals surface area contributed by atoms with Gasteiger partial charge >= 0.3 is 12.1 Å². The zero-order valence-electron chi connectivity index (χ0n) is 50.4. The summed E-state index contributed by atoms with van der Waals surface area (Å²) in [5.41, 5.74) is 3.04. The van der Waals surface area contributed by atoms with E-state index in [-0.39, 0.29) is 111 Å². The number of aliphatic hydroxyl groups excluding tert-OH is 2. The molecule has 1 fully saturated rings. The van der Waals surface area contributed by atoms with Gasteiger partial charge < -0.3 is 79.1 Å². The van der Waals surface area contributed by atoms with Gasteiger partial charge in [-0.05, 0) is 88.3 Å². The van der Waals surface area contributed by atoms with Crippen LogP contribution in [0.15, 0.2) is 35.1 Å². The molecule has 0 saturated carbocycles. The smallest absolute Gasteiger partial charge is 0.412 e. The van der Waals surface area contributed by atoms with E-state index in [2.05, 4.69) is 33.5 Å². The van der Waals surface area contributed by atoms with Crippen molar-refractivity contribution in [3.63, 3.8) is 0 Å². The van der Waals surface area contributed by atoms with E-state index in [1.165, 1.54) is 36.1 Å². The maximum atomic E-state index is 13.9. The van der Waals surface area contributed by atoms with Gasteiger partial charge in [-0.25, -0.2) is 14.6 Å². The van der Waals surface area contributed by atoms with Crippen molar-refractivity contribution >= 4 is 64.9 Å². The van der Waals surface area contributed by atoms with Gasteiger partial charge in [-0.1, -0.05) is 60.5 Å². The number of carboxylic acid groups (broad SMARTS) is 1. The second-order valence-electron chi connectivity index (χ2n) is 21.8. The Balaban J connectivity index is 0.000000684. The quantitative estimate of drug-likeness (QED) is 0.0119. The Morgan fingerprint density at radius 1 is 0.942 bits per heavy atom. The largest absolute Gasteiger partial charge is 0.522 e. The summed E-state index contributed by atoms with van der Waals surface area (Å²) >= 11 is 0. The topological polar surface area (TPSA) is 340 Å². The molecule has 86 heavy (non-hydrogen) atoms. The maximum Gasteiger partial charge on any atom is 0.412 e. The number of hydrogen-bond acceptors (Lipinski definition) is 18. The summed E-state index contributed by atoms with van der Waals surface area (Å²) in [6, 6.07) is 7.78. The number of unbranched alkanes of at least 4 members (excludes halogenated alkanes) is 2. The van der Waals surface area contributed by atoms with Crippen LogP contribution in [0.5, 0.6) is 17.2 Å². The van der Waals surface area contributed by atoms with Crippen LogP contribution in [0.25, 0.3) is 22.3 Å². The summed E-state index contributed by atoms with van der Waals surface area (Å²) in [5.74, 6) is -1.72. The number of nitrogens with zero attached hydrogens (tertiary/aromatic N) is 2. The van der Waals surface area contributed by atoms with E-state index in [0.717, 1.165) is 44.2 Å². The maximum absolute atomic E-state index is 13.9. The van der Waals surface area contributed by atoms with Gasteiger partial charge in [0, 0.05) is 61.4 Å². The number of carbonyl (C=O) groups is 6. The molecule has 2 aromatic carbocycles. The first-order valence-electron chi connectivity index (χ1n) is 28.7. The number of nitrogens with one attached hydrogen (secondary N) is 5. The van der Waals surface area contributed by atoms with Crippen LogP contribution in [0.3, 0.4) is 0 Å². The number of anilines is 2. The van der Waals surface area contributed by atoms with Crippen LogP contribution in [0, 0.1) is 5.41 Å². The number of aromatic nitrogens is 2. The summed E-state index contributed by atoms with van der Waals surface area (Å²) in [6.07, 6.45) is 0.342. The third-order valence-electron chi connectivity index (χ3n) is 13.8. The Kier molecular flexibility index (Phi) is 26.2. The van der Waals surface area contributed by atoms with Crippen molar-refractivity contribution in [1.29, 1.82) is 0 Å². The average molecular weight is 1450 g/mol. The summed E-state index contributed by atoms with van der Waals surface area (Å²) < 4.78 is 40.9. The first-order valence-corrected chi connectivity index (χ1v) is 28.7. The average Bonchev–Trinajstić information content (AvgIpc) is 1.63. The normalized spacial score (nSPS) is 15.7. The molecule has 4 aromatic rings. The molecule has 1 saturated heterocycles. The fourth-order valence-corrected chi connectivity index (χ4v) is 9.33. The van der Waals surface area contributed by atoms with Gasteiger partial charge in [-0.15, -0.1) is 0 Å². The molecule has 0 aliphatic carbocycles. The summed E-state index contributed by atoms with van der Waals surface area (Å²) in [5, 5.41) is 44.0. The van der Waals surface area contributed by atoms with Gasteiger partial charge in [0.05, 0.1) is 59.1 Å². The van der Waals surface area contributed by atoms with E-state index in [1.54, 1.807) is 12.1 Å². The number of rotatable bonds is 27. The number of aliphatic carboxylic acids is 1. The number of pyridine rings is 2. The van der Waals surface area contributed by atoms with Gasteiger partial charge in [0.15, 0.2) is 17.6 Å². The van der Waals surface area contributed by atoms with Gasteiger partial charge in [0.1, 0.15) is 24.7 Å². The monoisotopic (exact) mass is 1450 g/mol. The van der Waals surface area contributed by atoms with Crippen LogP contribution in [-0.4, -0.2) is 125 Å². The van der Waals surface area contributed by atoms with Crippen LogP contribution in [0.1, 0.15) is 155 Å². The molecule has 478 valence electrons. The van der Waals surface area contributed by atoms with E-state index >= 15 is 0 Å². The van der Waals surface area contributed by atoms with Gasteiger partial charge in [0.25, 0.3) is 12.0 Å². The minimum Gasteiger partial charge on any atom is -0.522 e. The fraction of sp³-hybridized carbons (Fsp3) is 0.550. The van der Waals surface area contributed by atoms with Crippen molar-refractivity contribution in [1.82, 2.24) is 25.5 Å². The summed E-state index contributed by atoms with van der Waals surface area (Å²) in [7, 11) is 0. The van der Waals surface area contributed by atoms with Crippen LogP contribution < -0.4 is 46.4 Å². The predicted molar refractivity (Wildman–Crippen MR) is 312 cm³/mol. The van der Waals surface area contributed by atoms with E-state index in [1.807, 2.05) is 55.4 Å². The van der Waals surface area contributed by atoms with E-state index in [4.69, 9.17) is 38.1 Å². The van der Waals surface area contributed by atoms with Crippen LogP contribution >= 0.6 is 0 Å². The third-order valence-corrected chi connectivity index (χ3v) is 13.8. The molecular formula is C60H82FmN7O18-. The minimum absolute atomic E-state index is 0. The van der Waals surface area contributed by atoms with E-state index in [9.17, 15) is 53.7 Å². The molecule has 25 nitrogen and oxygen atoms in total. The van der Waals surface area contributed by atoms with Crippen molar-refractivity contribution in [3.05, 3.63) is 68.5 Å². The number of carbonyl (C=O) groups excluding carboxylic acids is 6. The number of benzene rings is 2. The molecule has 4 atom stereocenters. The molecule has 26 heteroatoms. The zero-order chi connectivity index (χ0) is 62.6. The Morgan fingerprint density at radius 2 is 1.67 bits per heavy atom. The van der Waals surface area contributed by atoms with Gasteiger partial charge in [-0.2, -0.15) is 6.41 Å². The number of ether oxygens (including phenoxy) is 7. The third kappa shape index (κ3) is 18.8. The molecule has 4 unspecified atom stereocenters. The van der Waals surface area contributed by atoms with E-state index in [0.29, 0.717) is 57.8 Å². The predicted octanol–water partition coefficient (Wildman–Crippen LogP) is 6.56. The van der Waals surface area contributed by atoms with Gasteiger partial charge in [-0.3, -0.25) is 29.3 Å². The minimum atomic E-state index is -1.34. The van der Waals surface area contributed by atoms with Crippen LogP contribution in [0.4, 0.5) is 16.2 Å². The Labute approximate surface area is 494 Å². The molecule has 3 aliphatic rings. The molecule has 8 N–H and O–H groups in total. The Morgan fingerprint density at radius 3 is 2.34 bits per heavy atom. The van der Waals surface area contributed by atoms with Gasteiger partial charge in [0.2, 0.25) is 30.8 Å². The number of aliphatic hydroxyl groups is 2. The molecule has 5 heterocycles. The zero-order valence-corrected chi connectivity index (χ0v) is 52.8. The van der Waals surface area contributed by atoms with Crippen molar-refractivity contribution in [2.45, 2.75) is 177 Å². The second kappa shape index (κ2) is 32.4. The number of aryl methyl sites for hydroxylation is 1. The molecule has 0 radical (unpaired) electrons. The molecular weight excluding hydrogens is 1360 g/mol. The molecule has 2 aromatic heterocycles. The summed E-state index contributed by atoms with van der Waals surface area (Å²) in [4.78, 5) is 103. The van der Waals surface area contributed by atoms with Crippen molar-refractivity contribution in [2.75, 3.05) is 43.7 Å². The Hall–Kier alpha value is -8.87. The molecule has 0 bridgehead atoms. The SMILES string of the molecule is CC.CCCCNC(=O)C(C)(C)CCOC(C)(C)C.CCCCc1c2c(nc3cc4c(c(NC(=O)OCc5ccc(OC6CC(O)CC(C(=O)O)O6)c(NC(=O)CCNC(=O)CN[C-]=O)c5)c13)OCO4)-c1cc(C(C)O)c(COC=O)c(=O)n1C2.[Fm]. The first-order chi connectivity index (χ1) is 40.5. The van der Waals surface area contributed by atoms with E-state index < -0.39 is 54.0 Å². The summed E-state index contributed by atoms with van der Waals surface area (Å²) in [6.45, 7) is 20.2. The first kappa shape index (κ1) is 69.6. The molecule has 5 amide bonds. The van der Waals surface area contributed by atoms with Crippen molar-refractivity contribution in [2.24, 2.45) is 5.41 Å². The molecule has 7 rings (SSSR count). The number of fused-ring (bicyclic) bond motifs is 5. The van der Waals surface area contributed by atoms with Crippen molar-refractivity contribution in [3.8, 4) is 28.6 Å². The standard InChI is InChI=1S/C44H47N6O16.C14H29NO2.C2H6.Fm/c1-3-4-5-25-27-16-50-31(13-26(22(2)53)28(42(50)57)18-61-20-52)39(27)48-30-14-33-41(64-21-63-33)40(38(25)30)49-44(60)62-17-23-6-7-32(65-37-12-24(54)11-34(66-37)43(58)59)29(10-23)47-35(55)8-9-46-36(56)15-45-19-51;1-7-8-10-15-12(16)14(5,6)9-11-17-13(2,3)4;1-2;/h6-7,10,13-14,20,22,24,34,37,53-54H,3-5,8-9,11-12,15-18,21H2,1-2H3,(H,45,51)(H,46,56)(H,47,55)(H,49,60)(H,58,59);7-11H2,1-6H3,(H,15,16);1-2H3;/q-1;;;. The van der Waals surface area contributed by atoms with Crippen molar-refractivity contribution < 1.29 is 82.0 Å². The number of hydrogen-bond donors (Lipinski definition) is 8. The fourth-order valence-electron chi connectivity index (χ4n) is 9.33. The van der Waals surface area contributed by atoms with Crippen LogP contribution in [0.2, 0.25) is 0 Å². The van der Waals surface area contributed by atoms with Crippen LogP contribution in [-0.2, 0) is 73.9 Å². The molecule has 0 spiro atoms. The Bertz CT molecular complexity index is 3070. The number of amides is 5. The molecule has 3 aliphatic heterocycles. The second-order valence-corrected chi connectivity index (χ2v) is 21.8. The number of carboxylic acids is 1.